The minimum atomic E-state index is -3.66. The molecule has 2 aromatic rings. The van der Waals surface area contributed by atoms with Gasteiger partial charge in [0.25, 0.3) is 10.1 Å². The molecule has 2 N–H and O–H groups in total. The first-order chi connectivity index (χ1) is 9.85. The SMILES string of the molecule is CS(=O)(=O)OCC(=O)NCc1cc(=O)[nH]c2ccccc12. The Morgan fingerprint density at radius 2 is 2.05 bits per heavy atom. The highest BCUT2D eigenvalue weighted by Crippen LogP contribution is 2.14. The molecule has 1 aromatic carbocycles. The van der Waals surface area contributed by atoms with Gasteiger partial charge in [-0.25, -0.2) is 0 Å². The average molecular weight is 310 g/mol. The zero-order valence-corrected chi connectivity index (χ0v) is 12.1. The Bertz CT molecular complexity index is 826. The minimum absolute atomic E-state index is 0.108. The van der Waals surface area contributed by atoms with Crippen molar-refractivity contribution in [2.75, 3.05) is 12.9 Å². The highest BCUT2D eigenvalue weighted by atomic mass is 32.2. The van der Waals surface area contributed by atoms with Gasteiger partial charge in [-0.2, -0.15) is 8.42 Å². The third-order valence-electron chi connectivity index (χ3n) is 2.72. The molecule has 0 unspecified atom stereocenters. The Kier molecular flexibility index (Phi) is 4.39. The van der Waals surface area contributed by atoms with Crippen LogP contribution in [-0.2, 0) is 25.6 Å². The van der Waals surface area contributed by atoms with Crippen LogP contribution < -0.4 is 10.9 Å². The summed E-state index contributed by atoms with van der Waals surface area (Å²) in [5.74, 6) is -0.579. The van der Waals surface area contributed by atoms with Crippen molar-refractivity contribution in [3.8, 4) is 0 Å². The molecule has 1 amide bonds. The molecule has 0 spiro atoms. The smallest absolute Gasteiger partial charge is 0.264 e. The summed E-state index contributed by atoms with van der Waals surface area (Å²) in [6.07, 6.45) is 0.866. The number of carbonyl (C=O) groups excluding carboxylic acids is 1. The summed E-state index contributed by atoms with van der Waals surface area (Å²) >= 11 is 0. The van der Waals surface area contributed by atoms with Gasteiger partial charge < -0.3 is 10.3 Å². The second kappa shape index (κ2) is 6.06. The van der Waals surface area contributed by atoms with E-state index in [0.717, 1.165) is 11.6 Å². The lowest BCUT2D eigenvalue weighted by Crippen LogP contribution is -2.28. The maximum absolute atomic E-state index is 11.5. The third kappa shape index (κ3) is 4.40. The molecule has 7 nitrogen and oxygen atoms in total. The molecule has 21 heavy (non-hydrogen) atoms. The molecule has 0 aliphatic carbocycles. The van der Waals surface area contributed by atoms with Gasteiger partial charge in [0.1, 0.15) is 6.61 Å². The van der Waals surface area contributed by atoms with Crippen molar-refractivity contribution >= 4 is 26.9 Å². The van der Waals surface area contributed by atoms with Crippen molar-refractivity contribution in [1.82, 2.24) is 10.3 Å². The lowest BCUT2D eigenvalue weighted by Gasteiger charge is -2.08. The van der Waals surface area contributed by atoms with Crippen molar-refractivity contribution < 1.29 is 17.4 Å². The second-order valence-corrected chi connectivity index (χ2v) is 6.09. The van der Waals surface area contributed by atoms with E-state index in [1.807, 2.05) is 12.1 Å². The van der Waals surface area contributed by atoms with Crippen LogP contribution in [0.25, 0.3) is 10.9 Å². The number of benzene rings is 1. The third-order valence-corrected chi connectivity index (χ3v) is 3.26. The first-order valence-electron chi connectivity index (χ1n) is 6.07. The quantitative estimate of drug-likeness (QED) is 0.763. The maximum atomic E-state index is 11.5. The van der Waals surface area contributed by atoms with Crippen LogP contribution >= 0.6 is 0 Å². The Morgan fingerprint density at radius 3 is 2.76 bits per heavy atom. The number of aromatic nitrogens is 1. The molecule has 1 aromatic heterocycles. The Balaban J connectivity index is 2.10. The summed E-state index contributed by atoms with van der Waals surface area (Å²) in [4.78, 5) is 25.7. The number of nitrogens with one attached hydrogen (secondary N) is 2. The lowest BCUT2D eigenvalue weighted by atomic mass is 10.1. The van der Waals surface area contributed by atoms with Crippen molar-refractivity contribution in [3.63, 3.8) is 0 Å². The zero-order chi connectivity index (χ0) is 15.5. The Morgan fingerprint density at radius 1 is 1.33 bits per heavy atom. The van der Waals surface area contributed by atoms with Crippen LogP contribution in [-0.4, -0.2) is 32.2 Å². The van der Waals surface area contributed by atoms with Crippen LogP contribution in [0.3, 0.4) is 0 Å². The molecule has 0 aliphatic rings. The number of para-hydroxylation sites is 1. The molecule has 2 rings (SSSR count). The monoisotopic (exact) mass is 310 g/mol. The molecule has 0 bridgehead atoms. The van der Waals surface area contributed by atoms with Gasteiger partial charge in [-0.15, -0.1) is 0 Å². The summed E-state index contributed by atoms with van der Waals surface area (Å²) in [5, 5.41) is 3.32. The molecule has 0 radical (unpaired) electrons. The van der Waals surface area contributed by atoms with E-state index in [1.165, 1.54) is 6.07 Å². The zero-order valence-electron chi connectivity index (χ0n) is 11.3. The van der Waals surface area contributed by atoms with E-state index in [1.54, 1.807) is 12.1 Å². The van der Waals surface area contributed by atoms with Gasteiger partial charge in [0.15, 0.2) is 0 Å². The predicted octanol–water partition coefficient (Wildman–Crippen LogP) is 0.121. The van der Waals surface area contributed by atoms with E-state index in [2.05, 4.69) is 14.5 Å². The molecule has 0 saturated heterocycles. The molecular weight excluding hydrogens is 296 g/mol. The molecule has 0 fully saturated rings. The maximum Gasteiger partial charge on any atom is 0.264 e. The minimum Gasteiger partial charge on any atom is -0.350 e. The number of amides is 1. The number of rotatable bonds is 5. The average Bonchev–Trinajstić information content (AvgIpc) is 2.41. The van der Waals surface area contributed by atoms with E-state index in [0.29, 0.717) is 11.1 Å². The molecule has 0 atom stereocenters. The van der Waals surface area contributed by atoms with Gasteiger partial charge in [0.2, 0.25) is 11.5 Å². The van der Waals surface area contributed by atoms with Gasteiger partial charge in [-0.3, -0.25) is 13.8 Å². The molecule has 0 aliphatic heterocycles. The Labute approximate surface area is 121 Å². The molecule has 1 heterocycles. The fraction of sp³-hybridized carbons (Fsp3) is 0.231. The topological polar surface area (TPSA) is 105 Å². The van der Waals surface area contributed by atoms with E-state index in [-0.39, 0.29) is 12.1 Å². The number of fused-ring (bicyclic) bond motifs is 1. The number of H-pyrrole nitrogens is 1. The molecule has 112 valence electrons. The van der Waals surface area contributed by atoms with Crippen LogP contribution in [0.4, 0.5) is 0 Å². The van der Waals surface area contributed by atoms with Crippen LogP contribution in [0.1, 0.15) is 5.56 Å². The molecule has 0 saturated carbocycles. The Hall–Kier alpha value is -2.19. The number of hydrogen-bond acceptors (Lipinski definition) is 5. The number of hydrogen-bond donors (Lipinski definition) is 2. The summed E-state index contributed by atoms with van der Waals surface area (Å²) in [5.41, 5.74) is 1.04. The standard InChI is InChI=1S/C13H14N2O5S/c1-21(18,19)20-8-13(17)14-7-9-6-12(16)15-11-5-3-2-4-10(9)11/h2-6H,7-8H2,1H3,(H,14,17)(H,15,16). The summed E-state index contributed by atoms with van der Waals surface area (Å²) in [6.45, 7) is -0.476. The normalized spacial score (nSPS) is 11.5. The van der Waals surface area contributed by atoms with E-state index >= 15 is 0 Å². The van der Waals surface area contributed by atoms with E-state index < -0.39 is 22.6 Å². The van der Waals surface area contributed by atoms with Crippen LogP contribution in [0.5, 0.6) is 0 Å². The van der Waals surface area contributed by atoms with Crippen molar-refractivity contribution in [3.05, 3.63) is 46.2 Å². The van der Waals surface area contributed by atoms with Gasteiger partial charge >= 0.3 is 0 Å². The summed E-state index contributed by atoms with van der Waals surface area (Å²) in [6, 6.07) is 8.58. The van der Waals surface area contributed by atoms with Gasteiger partial charge in [0, 0.05) is 23.5 Å². The van der Waals surface area contributed by atoms with Gasteiger partial charge in [-0.1, -0.05) is 18.2 Å². The van der Waals surface area contributed by atoms with E-state index in [4.69, 9.17) is 0 Å². The first kappa shape index (κ1) is 15.2. The fourth-order valence-corrected chi connectivity index (χ4v) is 2.15. The molecule has 8 heteroatoms. The van der Waals surface area contributed by atoms with Crippen molar-refractivity contribution in [2.45, 2.75) is 6.54 Å². The largest absolute Gasteiger partial charge is 0.350 e. The van der Waals surface area contributed by atoms with Crippen LogP contribution in [0.15, 0.2) is 35.1 Å². The number of aromatic amines is 1. The van der Waals surface area contributed by atoms with Crippen molar-refractivity contribution in [2.24, 2.45) is 0 Å². The van der Waals surface area contributed by atoms with Gasteiger partial charge in [0.05, 0.1) is 6.26 Å². The van der Waals surface area contributed by atoms with E-state index in [9.17, 15) is 18.0 Å². The highest BCUT2D eigenvalue weighted by Gasteiger charge is 2.09. The fourth-order valence-electron chi connectivity index (χ4n) is 1.83. The lowest BCUT2D eigenvalue weighted by molar-refractivity contribution is -0.123. The summed E-state index contributed by atoms with van der Waals surface area (Å²) < 4.78 is 25.9. The first-order valence-corrected chi connectivity index (χ1v) is 7.89. The van der Waals surface area contributed by atoms with Crippen LogP contribution in [0, 0.1) is 0 Å². The number of carbonyl (C=O) groups is 1. The van der Waals surface area contributed by atoms with Crippen molar-refractivity contribution in [1.29, 1.82) is 0 Å². The second-order valence-electron chi connectivity index (χ2n) is 4.45. The van der Waals surface area contributed by atoms with Crippen LogP contribution in [0.2, 0.25) is 0 Å². The van der Waals surface area contributed by atoms with Gasteiger partial charge in [-0.05, 0) is 11.6 Å². The summed E-state index contributed by atoms with van der Waals surface area (Å²) in [7, 11) is -3.66. The molecular formula is C13H14N2O5S. The highest BCUT2D eigenvalue weighted by molar-refractivity contribution is 7.86. The predicted molar refractivity (Wildman–Crippen MR) is 77.2 cm³/mol. The number of pyridine rings is 1.